The van der Waals surface area contributed by atoms with Crippen molar-refractivity contribution in [2.75, 3.05) is 0 Å². The smallest absolute Gasteiger partial charge is 0.852 e. The van der Waals surface area contributed by atoms with Crippen molar-refractivity contribution < 1.29 is 25.9 Å². The minimum Gasteiger partial charge on any atom is -0.852 e. The molecule has 0 spiro atoms. The molecule has 0 amide bonds. The average Bonchev–Trinajstić information content (AvgIpc) is 1.76. The van der Waals surface area contributed by atoms with Crippen LogP contribution in [-0.2, 0) is 0 Å². The summed E-state index contributed by atoms with van der Waals surface area (Å²) in [6.07, 6.45) is -1.42. The molecule has 18 heavy (non-hydrogen) atoms. The van der Waals surface area contributed by atoms with E-state index in [1.165, 1.54) is 0 Å². The average molecular weight is 282 g/mol. The van der Waals surface area contributed by atoms with Crippen LogP contribution in [0.5, 0.6) is 0 Å². The Morgan fingerprint density at radius 3 is 0.611 bits per heavy atom. The molecule has 5 nitrogen and oxygen atoms in total. The molecule has 0 aliphatic rings. The van der Waals surface area contributed by atoms with Crippen LogP contribution in [-0.4, -0.2) is 52.4 Å². The maximum atomic E-state index is 9.53. The largest absolute Gasteiger partial charge is 3.00 e. The van der Waals surface area contributed by atoms with E-state index in [1.807, 2.05) is 0 Å². The van der Waals surface area contributed by atoms with Crippen molar-refractivity contribution in [1.82, 2.24) is 0 Å². The van der Waals surface area contributed by atoms with Crippen LogP contribution in [0, 0.1) is 0 Å². The van der Waals surface area contributed by atoms with E-state index in [1.54, 1.807) is 55.4 Å². The van der Waals surface area contributed by atoms with E-state index in [2.05, 4.69) is 0 Å². The van der Waals surface area contributed by atoms with Crippen molar-refractivity contribution in [1.29, 1.82) is 0 Å². The van der Waals surface area contributed by atoms with Crippen molar-refractivity contribution in [3.8, 4) is 0 Å². The monoisotopic (exact) mass is 282 g/mol. The minimum absolute atomic E-state index is 0. The Morgan fingerprint density at radius 2 is 0.611 bits per heavy atom. The Morgan fingerprint density at radius 1 is 0.611 bits per heavy atom. The van der Waals surface area contributed by atoms with Gasteiger partial charge in [0.2, 0.25) is 0 Å². The van der Waals surface area contributed by atoms with E-state index in [4.69, 9.17) is 5.11 Å². The number of rotatable bonds is 0. The summed E-state index contributed by atoms with van der Waals surface area (Å²) in [4.78, 5) is 0. The fraction of sp³-hybridized carbons (Fsp3) is 1.00. The van der Waals surface area contributed by atoms with Gasteiger partial charge in [-0.05, 0) is 13.8 Å². The van der Waals surface area contributed by atoms with Crippen LogP contribution in [0.1, 0.15) is 55.4 Å². The predicted molar refractivity (Wildman–Crippen MR) is 72.1 cm³/mol. The number of aliphatic hydroxyl groups is 1. The normalized spacial score (nSPS) is 8.00. The third kappa shape index (κ3) is 34700. The fourth-order valence-electron chi connectivity index (χ4n) is 0. The molecule has 0 bridgehead atoms. The van der Waals surface area contributed by atoms with Gasteiger partial charge in [0, 0.05) is 6.10 Å². The molecule has 0 unspecified atom stereocenters. The maximum Gasteiger partial charge on any atom is 3.00 e. The molecule has 0 saturated heterocycles. The van der Waals surface area contributed by atoms with Crippen molar-refractivity contribution in [3.05, 3.63) is 0 Å². The standard InChI is InChI=1S/C3H8O.3C3H7O.Al.H2O/c4*1-3(2)4;;/h3-4H,1-2H3;3*3H,1-2H3;;1H2/q;3*-1;+3;. The second-order valence-corrected chi connectivity index (χ2v) is 4.24. The molecule has 0 atom stereocenters. The Hall–Kier alpha value is 0.332. The Labute approximate surface area is 123 Å². The molecule has 0 aromatic carbocycles. The summed E-state index contributed by atoms with van der Waals surface area (Å²) >= 11 is 0. The van der Waals surface area contributed by atoms with E-state index < -0.39 is 18.3 Å². The first-order valence-corrected chi connectivity index (χ1v) is 5.58. The molecule has 0 fully saturated rings. The molecule has 0 aliphatic carbocycles. The first-order chi connectivity index (χ1) is 6.93. The molecule has 0 aromatic heterocycles. The van der Waals surface area contributed by atoms with Gasteiger partial charge in [0.05, 0.1) is 0 Å². The molecule has 0 aliphatic heterocycles. The van der Waals surface area contributed by atoms with E-state index >= 15 is 0 Å². The number of hydrogen-bond acceptors (Lipinski definition) is 4. The second kappa shape index (κ2) is 30.4. The van der Waals surface area contributed by atoms with Gasteiger partial charge in [0.15, 0.2) is 0 Å². The molecule has 6 heteroatoms. The number of aliphatic hydroxyl groups excluding tert-OH is 1. The maximum absolute atomic E-state index is 9.53. The zero-order chi connectivity index (χ0) is 14.3. The summed E-state index contributed by atoms with van der Waals surface area (Å²) in [6, 6.07) is 0. The Balaban J connectivity index is -0.0000000257. The zero-order valence-corrected chi connectivity index (χ0v) is 14.2. The van der Waals surface area contributed by atoms with Crippen molar-refractivity contribution in [3.63, 3.8) is 0 Å². The van der Waals surface area contributed by atoms with E-state index in [0.717, 1.165) is 0 Å². The van der Waals surface area contributed by atoms with Gasteiger partial charge in [0.25, 0.3) is 0 Å². The van der Waals surface area contributed by atoms with E-state index in [9.17, 15) is 15.3 Å². The van der Waals surface area contributed by atoms with Gasteiger partial charge in [-0.2, -0.15) is 0 Å². The molecule has 0 heterocycles. The number of hydrogen-bond donors (Lipinski definition) is 1. The molecule has 0 saturated carbocycles. The summed E-state index contributed by atoms with van der Waals surface area (Å²) in [5, 5.41) is 36.6. The summed E-state index contributed by atoms with van der Waals surface area (Å²) in [5.74, 6) is 0. The molecule has 0 radical (unpaired) electrons. The molecule has 0 rings (SSSR count). The quantitative estimate of drug-likeness (QED) is 0.540. The zero-order valence-electron chi connectivity index (χ0n) is 13.1. The van der Waals surface area contributed by atoms with Crippen LogP contribution in [0.25, 0.3) is 0 Å². The van der Waals surface area contributed by atoms with E-state index in [-0.39, 0.29) is 28.9 Å². The van der Waals surface area contributed by atoms with E-state index in [0.29, 0.717) is 0 Å². The van der Waals surface area contributed by atoms with Crippen molar-refractivity contribution >= 4 is 17.4 Å². The summed E-state index contributed by atoms with van der Waals surface area (Å²) in [6.45, 7) is 13.1. The van der Waals surface area contributed by atoms with Crippen LogP contribution < -0.4 is 15.3 Å². The van der Waals surface area contributed by atoms with Crippen LogP contribution in [0.15, 0.2) is 0 Å². The van der Waals surface area contributed by atoms with Gasteiger partial charge in [-0.1, -0.05) is 41.5 Å². The van der Waals surface area contributed by atoms with Crippen LogP contribution in [0.4, 0.5) is 0 Å². The van der Waals surface area contributed by atoms with Crippen LogP contribution >= 0.6 is 0 Å². The van der Waals surface area contributed by atoms with Crippen molar-refractivity contribution in [2.45, 2.75) is 79.8 Å². The Bertz CT molecular complexity index is 63.4. The minimum atomic E-state index is -0.417. The van der Waals surface area contributed by atoms with Gasteiger partial charge in [0.1, 0.15) is 0 Å². The summed E-state index contributed by atoms with van der Waals surface area (Å²) < 4.78 is 0. The van der Waals surface area contributed by atoms with Gasteiger partial charge in [-0.3, -0.25) is 0 Å². The fourth-order valence-corrected chi connectivity index (χ4v) is 0. The SMILES string of the molecule is CC(C)O.CC(C)[O-].CC(C)[O-].CC(C)[O-].O.[Al+3]. The first kappa shape index (κ1) is 36.2. The van der Waals surface area contributed by atoms with Gasteiger partial charge < -0.3 is 25.9 Å². The molecule has 112 valence electrons. The second-order valence-electron chi connectivity index (χ2n) is 4.24. The molecule has 3 N–H and O–H groups in total. The van der Waals surface area contributed by atoms with Gasteiger partial charge >= 0.3 is 17.4 Å². The summed E-state index contributed by atoms with van der Waals surface area (Å²) in [5.41, 5.74) is 0. The molecular weight excluding hydrogens is 251 g/mol. The van der Waals surface area contributed by atoms with Gasteiger partial charge in [-0.25, -0.2) is 0 Å². The Kier molecular flexibility index (Phi) is 61.2. The van der Waals surface area contributed by atoms with Crippen LogP contribution in [0.3, 0.4) is 0 Å². The first-order valence-electron chi connectivity index (χ1n) is 5.58. The third-order valence-corrected chi connectivity index (χ3v) is 0. The topological polar surface area (TPSA) is 121 Å². The van der Waals surface area contributed by atoms with Gasteiger partial charge in [-0.15, -0.1) is 18.3 Å². The predicted octanol–water partition coefficient (Wildman–Crippen LogP) is -1.55. The van der Waals surface area contributed by atoms with Crippen molar-refractivity contribution in [2.24, 2.45) is 0 Å². The summed E-state index contributed by atoms with van der Waals surface area (Å²) in [7, 11) is 0. The van der Waals surface area contributed by atoms with Crippen LogP contribution in [0.2, 0.25) is 0 Å². The third-order valence-electron chi connectivity index (χ3n) is 0. The molecular formula is C12H31AlO5. The molecule has 0 aromatic rings.